The number of fused-ring (bicyclic) bond motifs is 1. The molecule has 1 radical (unpaired) electrons. The first-order chi connectivity index (χ1) is 17.2. The molecular weight excluding hydrogens is 461 g/mol. The molecule has 181 valence electrons. The number of carboxylic acid groups (broad SMARTS) is 1. The molecule has 1 fully saturated rings. The van der Waals surface area contributed by atoms with Crippen LogP contribution in [0.4, 0.5) is 0 Å². The molecule has 1 N–H and O–H groups in total. The number of benzene rings is 3. The van der Waals surface area contributed by atoms with E-state index >= 15 is 0 Å². The first-order valence-electron chi connectivity index (χ1n) is 12.4. The maximum Gasteiger partial charge on any atom is 1.00 e. The standard InChI is InChI=1S/C30H31NO3S.Li/c32-29(33)8-5-19-34-25-15-13-24(14-16-25)30-27(26-6-1-2-7-28(26)35-30)20-22-9-11-23(12-10-22)21-31-17-3-4-18-31;/h1-2,6-7,9-16H,3-5,8,17-21H2,(H,32,33);/q-1;+1. The van der Waals surface area contributed by atoms with Gasteiger partial charge < -0.3 is 21.6 Å². The first kappa shape index (κ1) is 26.6. The topological polar surface area (TPSA) is 49.8 Å². The summed E-state index contributed by atoms with van der Waals surface area (Å²) >= 11 is 1.84. The van der Waals surface area contributed by atoms with Crippen LogP contribution in [0.1, 0.15) is 47.9 Å². The van der Waals surface area contributed by atoms with Gasteiger partial charge in [0.2, 0.25) is 0 Å². The summed E-state index contributed by atoms with van der Waals surface area (Å²) in [5.41, 5.74) is 6.60. The van der Waals surface area contributed by atoms with Crippen molar-refractivity contribution < 1.29 is 33.5 Å². The molecule has 36 heavy (non-hydrogen) atoms. The zero-order valence-corrected chi connectivity index (χ0v) is 21.7. The average molecular weight is 493 g/mol. The zero-order valence-electron chi connectivity index (χ0n) is 20.9. The van der Waals surface area contributed by atoms with Crippen molar-refractivity contribution in [2.45, 2.75) is 43.5 Å². The van der Waals surface area contributed by atoms with Crippen LogP contribution >= 0.6 is 0 Å². The molecule has 0 bridgehead atoms. The Labute approximate surface area is 229 Å². The van der Waals surface area contributed by atoms with Gasteiger partial charge in [-0.05, 0) is 73.2 Å². The van der Waals surface area contributed by atoms with E-state index in [9.17, 15) is 4.79 Å². The smallest absolute Gasteiger partial charge is 0.567 e. The minimum atomic E-state index is -0.789. The largest absolute Gasteiger partial charge is 1.00 e. The predicted molar refractivity (Wildman–Crippen MR) is 142 cm³/mol. The minimum absolute atomic E-state index is 0. The third-order valence-corrected chi connectivity index (χ3v) is 7.89. The third-order valence-electron chi connectivity index (χ3n) is 6.63. The quantitative estimate of drug-likeness (QED) is 0.268. The number of allylic oxidation sites excluding steroid dienone is 1. The van der Waals surface area contributed by atoms with E-state index in [1.54, 1.807) is 0 Å². The van der Waals surface area contributed by atoms with Crippen LogP contribution in [0, 0.1) is 0 Å². The van der Waals surface area contributed by atoms with Crippen molar-refractivity contribution in [1.29, 1.82) is 0 Å². The van der Waals surface area contributed by atoms with Gasteiger partial charge in [-0.1, -0.05) is 66.2 Å². The zero-order chi connectivity index (χ0) is 24.0. The number of likely N-dealkylation sites (tertiary alicyclic amines) is 1. The number of hydrogen-bond donors (Lipinski definition) is 1. The minimum Gasteiger partial charge on any atom is -0.567 e. The van der Waals surface area contributed by atoms with E-state index in [1.807, 2.05) is 23.9 Å². The summed E-state index contributed by atoms with van der Waals surface area (Å²) in [6.45, 7) is 3.90. The van der Waals surface area contributed by atoms with Crippen molar-refractivity contribution in [3.8, 4) is 5.75 Å². The fraction of sp³-hybridized carbons (Fsp3) is 0.300. The van der Waals surface area contributed by atoms with Gasteiger partial charge in [0.25, 0.3) is 0 Å². The SMILES string of the molecule is O=C(O)CCCOc1ccc(C2=C(Cc3ccc(CN4CCCC4)cc3)c3ccccc3[S-]2)cc1.[Li+]. The third kappa shape index (κ3) is 6.66. The summed E-state index contributed by atoms with van der Waals surface area (Å²) in [5, 5.41) is 8.78. The predicted octanol–water partition coefficient (Wildman–Crippen LogP) is 3.10. The summed E-state index contributed by atoms with van der Waals surface area (Å²) in [6, 6.07) is 26.0. The molecule has 3 aromatic rings. The fourth-order valence-electron chi connectivity index (χ4n) is 4.79. The molecule has 4 nitrogen and oxygen atoms in total. The summed E-state index contributed by atoms with van der Waals surface area (Å²) in [7, 11) is 0. The molecule has 3 aromatic carbocycles. The van der Waals surface area contributed by atoms with Crippen molar-refractivity contribution in [2.24, 2.45) is 0 Å². The second kappa shape index (κ2) is 12.7. The Morgan fingerprint density at radius 1 is 0.917 bits per heavy atom. The number of carboxylic acids is 1. The molecule has 5 rings (SSSR count). The summed E-state index contributed by atoms with van der Waals surface area (Å²) in [6.07, 6.45) is 4.18. The van der Waals surface area contributed by atoms with Crippen LogP contribution in [0.5, 0.6) is 5.75 Å². The van der Waals surface area contributed by atoms with Gasteiger partial charge in [0, 0.05) is 13.0 Å². The van der Waals surface area contributed by atoms with Crippen molar-refractivity contribution in [2.75, 3.05) is 19.7 Å². The van der Waals surface area contributed by atoms with E-state index in [0.29, 0.717) is 13.0 Å². The summed E-state index contributed by atoms with van der Waals surface area (Å²) in [4.78, 5) is 15.8. The van der Waals surface area contributed by atoms with E-state index in [-0.39, 0.29) is 25.3 Å². The summed E-state index contributed by atoms with van der Waals surface area (Å²) in [5.74, 6) is -0.0159. The van der Waals surface area contributed by atoms with E-state index < -0.39 is 5.97 Å². The van der Waals surface area contributed by atoms with Crippen molar-refractivity contribution in [3.63, 3.8) is 0 Å². The van der Waals surface area contributed by atoms with Crippen molar-refractivity contribution >= 4 is 28.2 Å². The number of thioether (sulfide) groups is 1. The van der Waals surface area contributed by atoms with E-state index in [2.05, 4.69) is 65.6 Å². The molecule has 2 aliphatic heterocycles. The Morgan fingerprint density at radius 3 is 2.33 bits per heavy atom. The second-order valence-electron chi connectivity index (χ2n) is 9.25. The second-order valence-corrected chi connectivity index (χ2v) is 10.3. The Hall–Kier alpha value is -2.42. The van der Waals surface area contributed by atoms with Crippen LogP contribution in [0.25, 0.3) is 10.5 Å². The molecule has 0 saturated carbocycles. The van der Waals surface area contributed by atoms with E-state index in [4.69, 9.17) is 9.84 Å². The maximum atomic E-state index is 10.7. The molecule has 0 spiro atoms. The van der Waals surface area contributed by atoms with Gasteiger partial charge in [0.15, 0.2) is 0 Å². The van der Waals surface area contributed by atoms with Crippen LogP contribution in [0.15, 0.2) is 77.7 Å². The number of hydrogen-bond acceptors (Lipinski definition) is 4. The molecule has 6 heteroatoms. The molecule has 2 heterocycles. The fourth-order valence-corrected chi connectivity index (χ4v) is 6.02. The Kier molecular flexibility index (Phi) is 9.40. The molecular formula is C30H31LiNO3S. The number of rotatable bonds is 10. The van der Waals surface area contributed by atoms with E-state index in [0.717, 1.165) is 18.7 Å². The average Bonchev–Trinajstić information content (AvgIpc) is 3.51. The molecule has 0 unspecified atom stereocenters. The summed E-state index contributed by atoms with van der Waals surface area (Å²) < 4.78 is 5.73. The molecule has 2 aliphatic rings. The van der Waals surface area contributed by atoms with Crippen LogP contribution in [-0.4, -0.2) is 35.7 Å². The van der Waals surface area contributed by atoms with Gasteiger partial charge >= 0.3 is 24.8 Å². The van der Waals surface area contributed by atoms with Crippen LogP contribution in [0.3, 0.4) is 0 Å². The van der Waals surface area contributed by atoms with Crippen LogP contribution in [0.2, 0.25) is 0 Å². The number of nitrogens with zero attached hydrogens (tertiary/aromatic N) is 1. The van der Waals surface area contributed by atoms with Gasteiger partial charge in [0.05, 0.1) is 6.61 Å². The van der Waals surface area contributed by atoms with Gasteiger partial charge in [-0.25, -0.2) is 0 Å². The first-order valence-corrected chi connectivity index (χ1v) is 13.2. The van der Waals surface area contributed by atoms with E-state index in [1.165, 1.54) is 63.6 Å². The maximum absolute atomic E-state index is 10.7. The number of aliphatic carboxylic acids is 1. The molecule has 0 amide bonds. The number of ether oxygens (including phenoxy) is 1. The van der Waals surface area contributed by atoms with Crippen LogP contribution < -0.4 is 23.6 Å². The molecule has 0 aliphatic carbocycles. The van der Waals surface area contributed by atoms with Gasteiger partial charge in [-0.2, -0.15) is 9.80 Å². The molecule has 1 saturated heterocycles. The Balaban J connectivity index is 0.00000304. The normalized spacial score (nSPS) is 15.0. The van der Waals surface area contributed by atoms with Crippen molar-refractivity contribution in [3.05, 3.63) is 95.1 Å². The Morgan fingerprint density at radius 2 is 1.61 bits per heavy atom. The Bertz CT molecular complexity index is 1200. The monoisotopic (exact) mass is 492 g/mol. The van der Waals surface area contributed by atoms with Gasteiger partial charge in [0.1, 0.15) is 5.75 Å². The van der Waals surface area contributed by atoms with Gasteiger partial charge in [-0.15, -0.1) is 0 Å². The van der Waals surface area contributed by atoms with Crippen LogP contribution in [-0.2, 0) is 29.5 Å². The van der Waals surface area contributed by atoms with Crippen molar-refractivity contribution in [1.82, 2.24) is 4.90 Å². The molecule has 0 aromatic heterocycles. The van der Waals surface area contributed by atoms with Gasteiger partial charge in [-0.3, -0.25) is 9.69 Å². The molecule has 0 atom stereocenters. The number of carbonyl (C=O) groups is 1.